The van der Waals surface area contributed by atoms with Crippen LogP contribution in [0.25, 0.3) is 10.4 Å². The Balaban J connectivity index is 1.05. The lowest BCUT2D eigenvalue weighted by Gasteiger charge is -2.43. The van der Waals surface area contributed by atoms with Crippen molar-refractivity contribution >= 4 is 29.0 Å². The minimum atomic E-state index is -0.492. The van der Waals surface area contributed by atoms with Crippen LogP contribution in [0.1, 0.15) is 62.6 Å². The van der Waals surface area contributed by atoms with Gasteiger partial charge in [-0.3, -0.25) is 9.59 Å². The maximum atomic E-state index is 14.0. The second-order valence-corrected chi connectivity index (χ2v) is 14.3. The topological polar surface area (TPSA) is 98.0 Å². The molecular formula is C34H47N7O3S. The Morgan fingerprint density at radius 2 is 1.80 bits per heavy atom. The van der Waals surface area contributed by atoms with Crippen molar-refractivity contribution in [3.05, 3.63) is 52.9 Å². The molecule has 0 spiro atoms. The lowest BCUT2D eigenvalue weighted by atomic mass is 9.91. The molecule has 242 valence electrons. The number of hydrogen-bond donors (Lipinski definition) is 1. The first-order chi connectivity index (χ1) is 21.7. The molecule has 11 heteroatoms. The third kappa shape index (κ3) is 6.95. The molecule has 0 saturated carbocycles. The van der Waals surface area contributed by atoms with Crippen molar-refractivity contribution in [1.82, 2.24) is 30.2 Å². The molecule has 0 aliphatic carbocycles. The monoisotopic (exact) mass is 633 g/mol. The number of rotatable bonds is 10. The first-order valence-electron chi connectivity index (χ1n) is 16.4. The van der Waals surface area contributed by atoms with Gasteiger partial charge in [0, 0.05) is 64.3 Å². The Labute approximate surface area is 270 Å². The van der Waals surface area contributed by atoms with E-state index in [1.165, 1.54) is 0 Å². The minimum absolute atomic E-state index is 0.00334. The second-order valence-electron chi connectivity index (χ2n) is 13.5. The SMILES string of the molecule is Cc1ncsc1-c1ccc(C(C)NC(=O)C2CCCN2C(=O)C(c2cc(N3CC(CN4CCN(C)CC4)C3)no2)C(C)C)cc1. The molecule has 6 rings (SSSR count). The van der Waals surface area contributed by atoms with Crippen LogP contribution in [0.4, 0.5) is 5.82 Å². The fourth-order valence-corrected chi connectivity index (χ4v) is 7.77. The van der Waals surface area contributed by atoms with Gasteiger partial charge in [0.05, 0.1) is 22.1 Å². The van der Waals surface area contributed by atoms with Gasteiger partial charge >= 0.3 is 0 Å². The van der Waals surface area contributed by atoms with Crippen LogP contribution in [0.15, 0.2) is 40.4 Å². The van der Waals surface area contributed by atoms with Gasteiger partial charge in [0.2, 0.25) is 11.8 Å². The van der Waals surface area contributed by atoms with E-state index in [0.717, 1.165) is 79.7 Å². The van der Waals surface area contributed by atoms with Crippen LogP contribution < -0.4 is 10.2 Å². The van der Waals surface area contributed by atoms with E-state index in [0.29, 0.717) is 24.6 Å². The Bertz CT molecular complexity index is 1460. The molecule has 2 aromatic heterocycles. The second kappa shape index (κ2) is 13.6. The molecule has 2 amide bonds. The number of piperazine rings is 1. The number of thiazole rings is 1. The first kappa shape index (κ1) is 31.7. The molecule has 3 unspecified atom stereocenters. The van der Waals surface area contributed by atoms with Crippen LogP contribution in [-0.4, -0.2) is 102 Å². The average Bonchev–Trinajstić information content (AvgIpc) is 3.77. The van der Waals surface area contributed by atoms with Gasteiger partial charge in [-0.2, -0.15) is 0 Å². The van der Waals surface area contributed by atoms with Crippen molar-refractivity contribution in [3.63, 3.8) is 0 Å². The van der Waals surface area contributed by atoms with Crippen LogP contribution in [-0.2, 0) is 9.59 Å². The zero-order valence-electron chi connectivity index (χ0n) is 27.2. The van der Waals surface area contributed by atoms with Crippen LogP contribution in [0, 0.1) is 18.8 Å². The van der Waals surface area contributed by atoms with Gasteiger partial charge in [0.1, 0.15) is 12.0 Å². The number of carbonyl (C=O) groups is 2. The van der Waals surface area contributed by atoms with Crippen LogP contribution in [0.5, 0.6) is 0 Å². The lowest BCUT2D eigenvalue weighted by molar-refractivity contribution is -0.141. The summed E-state index contributed by atoms with van der Waals surface area (Å²) < 4.78 is 5.83. The third-order valence-electron chi connectivity index (χ3n) is 9.76. The van der Waals surface area contributed by atoms with Gasteiger partial charge in [-0.05, 0) is 50.8 Å². The van der Waals surface area contributed by atoms with E-state index in [9.17, 15) is 9.59 Å². The Kier molecular flexibility index (Phi) is 9.58. The highest BCUT2D eigenvalue weighted by molar-refractivity contribution is 7.13. The molecule has 1 N–H and O–H groups in total. The van der Waals surface area contributed by atoms with Crippen molar-refractivity contribution in [2.45, 2.75) is 58.5 Å². The third-order valence-corrected chi connectivity index (χ3v) is 10.7. The van der Waals surface area contributed by atoms with Gasteiger partial charge in [-0.25, -0.2) is 4.98 Å². The standard InChI is InChI=1S/C34H47N7O3S/c1-22(2)31(29-17-30(37-44-29)40-19-25(20-40)18-39-15-13-38(5)14-16-39)34(43)41-12-6-7-28(41)33(42)36-23(3)26-8-10-27(11-9-26)32-24(4)35-21-45-32/h8-11,17,21-23,25,28,31H,6-7,12-16,18-20H2,1-5H3,(H,36,42). The molecule has 3 saturated heterocycles. The van der Waals surface area contributed by atoms with Gasteiger partial charge < -0.3 is 29.4 Å². The van der Waals surface area contributed by atoms with E-state index in [2.05, 4.69) is 61.5 Å². The summed E-state index contributed by atoms with van der Waals surface area (Å²) in [5.41, 5.74) is 5.03. The number of aryl methyl sites for hydroxylation is 1. The first-order valence-corrected chi connectivity index (χ1v) is 17.3. The maximum Gasteiger partial charge on any atom is 0.243 e. The number of amides is 2. The summed E-state index contributed by atoms with van der Waals surface area (Å²) in [7, 11) is 2.19. The fourth-order valence-electron chi connectivity index (χ4n) is 6.96. The molecule has 3 aliphatic rings. The zero-order valence-corrected chi connectivity index (χ0v) is 28.1. The highest BCUT2D eigenvalue weighted by Crippen LogP contribution is 2.34. The number of hydrogen-bond acceptors (Lipinski definition) is 9. The van der Waals surface area contributed by atoms with E-state index in [4.69, 9.17) is 4.52 Å². The van der Waals surface area contributed by atoms with Crippen molar-refractivity contribution in [1.29, 1.82) is 0 Å². The lowest BCUT2D eigenvalue weighted by Crippen LogP contribution is -2.54. The Morgan fingerprint density at radius 1 is 1.07 bits per heavy atom. The molecular weight excluding hydrogens is 586 g/mol. The summed E-state index contributed by atoms with van der Waals surface area (Å²) in [5, 5.41) is 7.55. The normalized spacial score (nSPS) is 21.2. The van der Waals surface area contributed by atoms with Crippen LogP contribution in [0.3, 0.4) is 0 Å². The number of likely N-dealkylation sites (N-methyl/N-ethyl adjacent to an activating group) is 1. The molecule has 1 aromatic carbocycles. The van der Waals surface area contributed by atoms with E-state index in [1.807, 2.05) is 39.3 Å². The van der Waals surface area contributed by atoms with Gasteiger partial charge in [0.15, 0.2) is 11.6 Å². The Hall–Kier alpha value is -3.28. The highest BCUT2D eigenvalue weighted by atomic mass is 32.1. The number of aromatic nitrogens is 2. The molecule has 5 heterocycles. The summed E-state index contributed by atoms with van der Waals surface area (Å²) >= 11 is 1.63. The number of nitrogens with zero attached hydrogens (tertiary/aromatic N) is 6. The van der Waals surface area contributed by atoms with Crippen molar-refractivity contribution in [3.8, 4) is 10.4 Å². The molecule has 3 atom stereocenters. The van der Waals surface area contributed by atoms with Crippen molar-refractivity contribution in [2.75, 3.05) is 64.3 Å². The van der Waals surface area contributed by atoms with Gasteiger partial charge in [-0.15, -0.1) is 11.3 Å². The number of carbonyl (C=O) groups excluding carboxylic acids is 2. The smallest absolute Gasteiger partial charge is 0.243 e. The minimum Gasteiger partial charge on any atom is -0.358 e. The van der Waals surface area contributed by atoms with Crippen molar-refractivity contribution in [2.24, 2.45) is 11.8 Å². The van der Waals surface area contributed by atoms with Gasteiger partial charge in [-0.1, -0.05) is 43.3 Å². The van der Waals surface area contributed by atoms with E-state index >= 15 is 0 Å². The molecule has 3 aromatic rings. The molecule has 0 bridgehead atoms. The quantitative estimate of drug-likeness (QED) is 0.351. The summed E-state index contributed by atoms with van der Waals surface area (Å²) in [5.74, 6) is 1.37. The predicted octanol–water partition coefficient (Wildman–Crippen LogP) is 4.40. The van der Waals surface area contributed by atoms with E-state index < -0.39 is 12.0 Å². The molecule has 3 fully saturated rings. The molecule has 3 aliphatic heterocycles. The molecule has 45 heavy (non-hydrogen) atoms. The van der Waals surface area contributed by atoms with Crippen LogP contribution >= 0.6 is 11.3 Å². The maximum absolute atomic E-state index is 14.0. The summed E-state index contributed by atoms with van der Waals surface area (Å²) in [4.78, 5) is 42.0. The number of anilines is 1. The largest absolute Gasteiger partial charge is 0.358 e. The molecule has 0 radical (unpaired) electrons. The van der Waals surface area contributed by atoms with E-state index in [1.54, 1.807) is 16.2 Å². The number of likely N-dealkylation sites (tertiary alicyclic amines) is 1. The predicted molar refractivity (Wildman–Crippen MR) is 177 cm³/mol. The molecule has 10 nitrogen and oxygen atoms in total. The van der Waals surface area contributed by atoms with Gasteiger partial charge in [0.25, 0.3) is 0 Å². The van der Waals surface area contributed by atoms with E-state index in [-0.39, 0.29) is 23.8 Å². The van der Waals surface area contributed by atoms with Crippen LogP contribution in [0.2, 0.25) is 0 Å². The summed E-state index contributed by atoms with van der Waals surface area (Å²) in [6.07, 6.45) is 1.46. The number of nitrogens with one attached hydrogen (secondary N) is 1. The summed E-state index contributed by atoms with van der Waals surface area (Å²) in [6, 6.07) is 9.54. The fraction of sp³-hybridized carbons (Fsp3) is 0.588. The van der Waals surface area contributed by atoms with Crippen molar-refractivity contribution < 1.29 is 14.1 Å². The number of benzene rings is 1. The zero-order chi connectivity index (χ0) is 31.7. The Morgan fingerprint density at radius 3 is 2.47 bits per heavy atom. The summed E-state index contributed by atoms with van der Waals surface area (Å²) in [6.45, 7) is 16.2. The highest BCUT2D eigenvalue weighted by Gasteiger charge is 2.41. The average molecular weight is 634 g/mol.